The van der Waals surface area contributed by atoms with E-state index in [-0.39, 0.29) is 0 Å². The van der Waals surface area contributed by atoms with Crippen LogP contribution in [0, 0.1) is 0 Å². The molecule has 1 aliphatic heterocycles. The third kappa shape index (κ3) is 3.49. The predicted octanol–water partition coefficient (Wildman–Crippen LogP) is 2.28. The Morgan fingerprint density at radius 2 is 2.15 bits per heavy atom. The molecule has 2 atom stereocenters. The first-order valence-corrected chi connectivity index (χ1v) is 7.80. The number of aromatic nitrogens is 1. The first-order valence-electron chi connectivity index (χ1n) is 7.80. The summed E-state index contributed by atoms with van der Waals surface area (Å²) in [6.45, 7) is 10.8. The number of nitrogens with one attached hydrogen (secondary N) is 1. The molecule has 0 bridgehead atoms. The molecule has 1 aromatic rings. The SMILES string of the molecule is CCNC(C)c1ccc(N2CCN(C)C(CC)C2)nc1. The van der Waals surface area contributed by atoms with Crippen LogP contribution in [0.4, 0.5) is 5.82 Å². The van der Waals surface area contributed by atoms with Crippen LogP contribution in [0.2, 0.25) is 0 Å². The summed E-state index contributed by atoms with van der Waals surface area (Å²) >= 11 is 0. The fourth-order valence-electron chi connectivity index (χ4n) is 2.86. The molecule has 1 fully saturated rings. The van der Waals surface area contributed by atoms with Crippen molar-refractivity contribution in [2.75, 3.05) is 38.1 Å². The first kappa shape index (κ1) is 15.3. The summed E-state index contributed by atoms with van der Waals surface area (Å²) in [5.74, 6) is 1.11. The van der Waals surface area contributed by atoms with Crippen molar-refractivity contribution in [2.24, 2.45) is 0 Å². The van der Waals surface area contributed by atoms with Gasteiger partial charge >= 0.3 is 0 Å². The molecule has 0 radical (unpaired) electrons. The number of piperazine rings is 1. The molecule has 0 aliphatic carbocycles. The standard InChI is InChI=1S/C16H28N4/c1-5-15-12-20(10-9-19(15)4)16-8-7-14(11-18-16)13(3)17-6-2/h7-8,11,13,15,17H,5-6,9-10,12H2,1-4H3. The molecule has 1 aromatic heterocycles. The minimum absolute atomic E-state index is 0.373. The van der Waals surface area contributed by atoms with Crippen molar-refractivity contribution in [1.29, 1.82) is 0 Å². The van der Waals surface area contributed by atoms with E-state index >= 15 is 0 Å². The molecule has 0 amide bonds. The summed E-state index contributed by atoms with van der Waals surface area (Å²) in [4.78, 5) is 9.54. The molecule has 2 rings (SSSR count). The molecule has 4 heteroatoms. The van der Waals surface area contributed by atoms with Crippen molar-refractivity contribution >= 4 is 5.82 Å². The van der Waals surface area contributed by atoms with Gasteiger partial charge < -0.3 is 10.2 Å². The normalized spacial score (nSPS) is 22.0. The van der Waals surface area contributed by atoms with Crippen LogP contribution >= 0.6 is 0 Å². The second-order valence-electron chi connectivity index (χ2n) is 5.72. The van der Waals surface area contributed by atoms with E-state index in [1.165, 1.54) is 12.0 Å². The Kier molecular flexibility index (Phi) is 5.38. The van der Waals surface area contributed by atoms with Crippen LogP contribution < -0.4 is 10.2 Å². The highest BCUT2D eigenvalue weighted by molar-refractivity contribution is 5.40. The molecule has 112 valence electrons. The summed E-state index contributed by atoms with van der Waals surface area (Å²) in [5.41, 5.74) is 1.26. The van der Waals surface area contributed by atoms with Gasteiger partial charge in [-0.2, -0.15) is 0 Å². The highest BCUT2D eigenvalue weighted by Crippen LogP contribution is 2.19. The van der Waals surface area contributed by atoms with E-state index in [1.807, 2.05) is 6.20 Å². The molecule has 4 nitrogen and oxygen atoms in total. The third-order valence-electron chi connectivity index (χ3n) is 4.35. The molecule has 2 unspecified atom stereocenters. The summed E-state index contributed by atoms with van der Waals surface area (Å²) in [6.07, 6.45) is 3.21. The zero-order valence-electron chi connectivity index (χ0n) is 13.3. The maximum atomic E-state index is 4.67. The Bertz CT molecular complexity index is 403. The van der Waals surface area contributed by atoms with E-state index in [4.69, 9.17) is 0 Å². The van der Waals surface area contributed by atoms with Crippen molar-refractivity contribution < 1.29 is 0 Å². The second kappa shape index (κ2) is 7.04. The van der Waals surface area contributed by atoms with E-state index in [0.717, 1.165) is 32.0 Å². The fraction of sp³-hybridized carbons (Fsp3) is 0.688. The first-order chi connectivity index (χ1) is 9.65. The van der Waals surface area contributed by atoms with Crippen LogP contribution in [0.15, 0.2) is 18.3 Å². The maximum absolute atomic E-state index is 4.67. The lowest BCUT2D eigenvalue weighted by atomic mass is 10.1. The monoisotopic (exact) mass is 276 g/mol. The summed E-state index contributed by atoms with van der Waals surface area (Å²) in [6, 6.07) is 5.39. The number of pyridine rings is 1. The molecule has 0 spiro atoms. The quantitative estimate of drug-likeness (QED) is 0.894. The Balaban J connectivity index is 2.03. The van der Waals surface area contributed by atoms with Crippen molar-refractivity contribution in [2.45, 2.75) is 39.3 Å². The van der Waals surface area contributed by atoms with Gasteiger partial charge in [-0.15, -0.1) is 0 Å². The molecule has 1 N–H and O–H groups in total. The minimum atomic E-state index is 0.373. The Morgan fingerprint density at radius 1 is 1.35 bits per heavy atom. The Morgan fingerprint density at radius 3 is 2.75 bits per heavy atom. The van der Waals surface area contributed by atoms with Crippen LogP contribution in [-0.2, 0) is 0 Å². The van der Waals surface area contributed by atoms with Crippen molar-refractivity contribution in [3.05, 3.63) is 23.9 Å². The topological polar surface area (TPSA) is 31.4 Å². The highest BCUT2D eigenvalue weighted by Gasteiger charge is 2.23. The van der Waals surface area contributed by atoms with E-state index in [2.05, 4.69) is 60.1 Å². The summed E-state index contributed by atoms with van der Waals surface area (Å²) in [7, 11) is 2.22. The average Bonchev–Trinajstić information content (AvgIpc) is 2.48. The number of rotatable bonds is 5. The minimum Gasteiger partial charge on any atom is -0.354 e. The number of nitrogens with zero attached hydrogens (tertiary/aromatic N) is 3. The van der Waals surface area contributed by atoms with Gasteiger partial charge in [0.2, 0.25) is 0 Å². The van der Waals surface area contributed by atoms with Gasteiger partial charge in [-0.05, 0) is 38.6 Å². The van der Waals surface area contributed by atoms with Gasteiger partial charge in [0.1, 0.15) is 5.82 Å². The smallest absolute Gasteiger partial charge is 0.128 e. The van der Waals surface area contributed by atoms with Crippen LogP contribution in [0.1, 0.15) is 38.8 Å². The van der Waals surface area contributed by atoms with Gasteiger partial charge in [0, 0.05) is 37.9 Å². The maximum Gasteiger partial charge on any atom is 0.128 e. The second-order valence-corrected chi connectivity index (χ2v) is 5.72. The third-order valence-corrected chi connectivity index (χ3v) is 4.35. The van der Waals surface area contributed by atoms with E-state index in [1.54, 1.807) is 0 Å². The van der Waals surface area contributed by atoms with Crippen LogP contribution in [0.5, 0.6) is 0 Å². The van der Waals surface area contributed by atoms with Crippen molar-refractivity contribution in [1.82, 2.24) is 15.2 Å². The lowest BCUT2D eigenvalue weighted by molar-refractivity contribution is 0.213. The molecule has 0 aromatic carbocycles. The van der Waals surface area contributed by atoms with Gasteiger partial charge in [-0.1, -0.05) is 19.9 Å². The molecule has 1 saturated heterocycles. The Hall–Kier alpha value is -1.13. The van der Waals surface area contributed by atoms with Crippen molar-refractivity contribution in [3.8, 4) is 0 Å². The summed E-state index contributed by atoms with van der Waals surface area (Å²) in [5, 5.41) is 3.42. The Labute approximate surface area is 123 Å². The molecule has 1 aliphatic rings. The van der Waals surface area contributed by atoms with Gasteiger partial charge in [0.25, 0.3) is 0 Å². The zero-order valence-corrected chi connectivity index (χ0v) is 13.3. The van der Waals surface area contributed by atoms with Gasteiger partial charge in [-0.3, -0.25) is 4.90 Å². The molecule has 2 heterocycles. The van der Waals surface area contributed by atoms with Crippen LogP contribution in [0.3, 0.4) is 0 Å². The highest BCUT2D eigenvalue weighted by atomic mass is 15.3. The lowest BCUT2D eigenvalue weighted by Crippen LogP contribution is -2.51. The fourth-order valence-corrected chi connectivity index (χ4v) is 2.86. The predicted molar refractivity (Wildman–Crippen MR) is 85.3 cm³/mol. The molecular weight excluding hydrogens is 248 g/mol. The van der Waals surface area contributed by atoms with Crippen molar-refractivity contribution in [3.63, 3.8) is 0 Å². The number of hydrogen-bond donors (Lipinski definition) is 1. The van der Waals surface area contributed by atoms with E-state index in [9.17, 15) is 0 Å². The molecule has 0 saturated carbocycles. The number of hydrogen-bond acceptors (Lipinski definition) is 4. The summed E-state index contributed by atoms with van der Waals surface area (Å²) < 4.78 is 0. The molecular formula is C16H28N4. The zero-order chi connectivity index (χ0) is 14.5. The van der Waals surface area contributed by atoms with Crippen LogP contribution in [-0.4, -0.2) is 49.2 Å². The van der Waals surface area contributed by atoms with Gasteiger partial charge in [0.15, 0.2) is 0 Å². The number of likely N-dealkylation sites (N-methyl/N-ethyl adjacent to an activating group) is 1. The van der Waals surface area contributed by atoms with Gasteiger partial charge in [0.05, 0.1) is 0 Å². The lowest BCUT2D eigenvalue weighted by Gasteiger charge is -2.39. The average molecular weight is 276 g/mol. The van der Waals surface area contributed by atoms with E-state index in [0.29, 0.717) is 12.1 Å². The number of anilines is 1. The largest absolute Gasteiger partial charge is 0.354 e. The van der Waals surface area contributed by atoms with Gasteiger partial charge in [-0.25, -0.2) is 4.98 Å². The van der Waals surface area contributed by atoms with E-state index < -0.39 is 0 Å². The molecule has 20 heavy (non-hydrogen) atoms. The van der Waals surface area contributed by atoms with Crippen LogP contribution in [0.25, 0.3) is 0 Å².